The van der Waals surface area contributed by atoms with E-state index in [4.69, 9.17) is 16.3 Å². The molecule has 0 radical (unpaired) electrons. The van der Waals surface area contributed by atoms with Gasteiger partial charge in [-0.2, -0.15) is 0 Å². The molecule has 0 saturated carbocycles. The molecular formula is C16H23ClN2O2. The molecule has 1 saturated heterocycles. The average Bonchev–Trinajstić information content (AvgIpc) is 2.81. The van der Waals surface area contributed by atoms with E-state index in [1.165, 1.54) is 0 Å². The van der Waals surface area contributed by atoms with Crippen molar-refractivity contribution in [2.24, 2.45) is 0 Å². The predicted molar refractivity (Wildman–Crippen MR) is 84.2 cm³/mol. The van der Waals surface area contributed by atoms with Crippen molar-refractivity contribution in [2.45, 2.75) is 44.9 Å². The fourth-order valence-electron chi connectivity index (χ4n) is 2.77. The highest BCUT2D eigenvalue weighted by Gasteiger charge is 2.40. The maximum absolute atomic E-state index is 12.6. The molecule has 4 nitrogen and oxygen atoms in total. The first-order valence-corrected chi connectivity index (χ1v) is 7.79. The first kappa shape index (κ1) is 16.3. The first-order valence-electron chi connectivity index (χ1n) is 7.41. The molecule has 21 heavy (non-hydrogen) atoms. The van der Waals surface area contributed by atoms with Crippen LogP contribution in [-0.4, -0.2) is 36.6 Å². The van der Waals surface area contributed by atoms with Crippen LogP contribution in [0.3, 0.4) is 0 Å². The Kier molecular flexibility index (Phi) is 5.62. The summed E-state index contributed by atoms with van der Waals surface area (Å²) >= 11 is 6.09. The van der Waals surface area contributed by atoms with E-state index in [1.54, 1.807) is 7.11 Å². The van der Waals surface area contributed by atoms with Crippen molar-refractivity contribution in [3.8, 4) is 0 Å². The standard InChI is InChI=1S/C16H23ClN2O2/c1-4-14-16(20)19(11(2)8-9-21-3)15(18-14)12-6-5-7-13(17)10-12/h5-7,10-11,14-15,18H,4,8-9H2,1-3H3. The number of carbonyl (C=O) groups is 1. The van der Waals surface area contributed by atoms with Crippen LogP contribution in [0.2, 0.25) is 5.02 Å². The van der Waals surface area contributed by atoms with Crippen molar-refractivity contribution in [3.63, 3.8) is 0 Å². The lowest BCUT2D eigenvalue weighted by Crippen LogP contribution is -2.39. The number of hydrogen-bond donors (Lipinski definition) is 1. The molecule has 3 atom stereocenters. The molecule has 1 fully saturated rings. The fraction of sp³-hybridized carbons (Fsp3) is 0.562. The lowest BCUT2D eigenvalue weighted by Gasteiger charge is -2.30. The van der Waals surface area contributed by atoms with Gasteiger partial charge in [0.15, 0.2) is 0 Å². The number of benzene rings is 1. The zero-order valence-corrected chi connectivity index (χ0v) is 13.6. The predicted octanol–water partition coefficient (Wildman–Crippen LogP) is 2.97. The summed E-state index contributed by atoms with van der Waals surface area (Å²) in [5.41, 5.74) is 1.02. The number of nitrogens with zero attached hydrogens (tertiary/aromatic N) is 1. The summed E-state index contributed by atoms with van der Waals surface area (Å²) in [5.74, 6) is 0.158. The van der Waals surface area contributed by atoms with E-state index in [2.05, 4.69) is 12.2 Å². The SMILES string of the molecule is CCC1NC(c2cccc(Cl)c2)N(C(C)CCOC)C1=O. The molecule has 0 bridgehead atoms. The highest BCUT2D eigenvalue weighted by molar-refractivity contribution is 6.30. The van der Waals surface area contributed by atoms with Crippen LogP contribution < -0.4 is 5.32 Å². The molecule has 116 valence electrons. The minimum Gasteiger partial charge on any atom is -0.385 e. The highest BCUT2D eigenvalue weighted by atomic mass is 35.5. The van der Waals surface area contributed by atoms with Gasteiger partial charge in [-0.3, -0.25) is 10.1 Å². The van der Waals surface area contributed by atoms with Gasteiger partial charge in [0.25, 0.3) is 0 Å². The molecule has 1 aromatic rings. The third-order valence-corrected chi connectivity index (χ3v) is 4.21. The van der Waals surface area contributed by atoms with E-state index in [9.17, 15) is 4.79 Å². The summed E-state index contributed by atoms with van der Waals surface area (Å²) in [5, 5.41) is 4.10. The van der Waals surface area contributed by atoms with Crippen LogP contribution in [0.1, 0.15) is 38.4 Å². The van der Waals surface area contributed by atoms with Gasteiger partial charge in [0.2, 0.25) is 5.91 Å². The Morgan fingerprint density at radius 1 is 1.48 bits per heavy atom. The van der Waals surface area contributed by atoms with Gasteiger partial charge in [-0.1, -0.05) is 30.7 Å². The van der Waals surface area contributed by atoms with E-state index in [1.807, 2.05) is 36.1 Å². The maximum Gasteiger partial charge on any atom is 0.241 e. The Labute approximate surface area is 131 Å². The zero-order valence-electron chi connectivity index (χ0n) is 12.8. The Hall–Kier alpha value is -1.10. The molecule has 1 aromatic carbocycles. The lowest BCUT2D eigenvalue weighted by molar-refractivity contribution is -0.132. The van der Waals surface area contributed by atoms with E-state index < -0.39 is 0 Å². The van der Waals surface area contributed by atoms with Crippen LogP contribution in [0.5, 0.6) is 0 Å². The number of rotatable bonds is 6. The van der Waals surface area contributed by atoms with Crippen molar-refractivity contribution in [1.82, 2.24) is 10.2 Å². The van der Waals surface area contributed by atoms with Gasteiger partial charge in [-0.05, 0) is 37.5 Å². The second kappa shape index (κ2) is 7.25. The molecule has 1 N–H and O–H groups in total. The Morgan fingerprint density at radius 3 is 2.86 bits per heavy atom. The molecule has 2 rings (SSSR count). The third kappa shape index (κ3) is 3.57. The second-order valence-corrected chi connectivity index (χ2v) is 5.90. The van der Waals surface area contributed by atoms with E-state index >= 15 is 0 Å². The van der Waals surface area contributed by atoms with Gasteiger partial charge in [0.05, 0.1) is 6.04 Å². The van der Waals surface area contributed by atoms with Gasteiger partial charge in [0.1, 0.15) is 6.17 Å². The van der Waals surface area contributed by atoms with Gasteiger partial charge >= 0.3 is 0 Å². The topological polar surface area (TPSA) is 41.6 Å². The first-order chi connectivity index (χ1) is 10.1. The number of nitrogens with one attached hydrogen (secondary N) is 1. The summed E-state index contributed by atoms with van der Waals surface area (Å²) < 4.78 is 5.14. The number of amides is 1. The smallest absolute Gasteiger partial charge is 0.241 e. The van der Waals surface area contributed by atoms with Crippen LogP contribution in [-0.2, 0) is 9.53 Å². The molecule has 1 aliphatic rings. The van der Waals surface area contributed by atoms with Crippen molar-refractivity contribution in [3.05, 3.63) is 34.9 Å². The van der Waals surface area contributed by atoms with Crippen LogP contribution in [0.25, 0.3) is 0 Å². The van der Waals surface area contributed by atoms with Crippen molar-refractivity contribution < 1.29 is 9.53 Å². The minimum absolute atomic E-state index is 0.116. The quantitative estimate of drug-likeness (QED) is 0.878. The van der Waals surface area contributed by atoms with Gasteiger partial charge in [0, 0.05) is 24.8 Å². The summed E-state index contributed by atoms with van der Waals surface area (Å²) in [4.78, 5) is 14.5. The molecule has 1 amide bonds. The summed E-state index contributed by atoms with van der Waals surface area (Å²) in [7, 11) is 1.68. The van der Waals surface area contributed by atoms with Crippen LogP contribution >= 0.6 is 11.6 Å². The molecule has 5 heteroatoms. The van der Waals surface area contributed by atoms with Gasteiger partial charge in [-0.25, -0.2) is 0 Å². The summed E-state index contributed by atoms with van der Waals surface area (Å²) in [6, 6.07) is 7.68. The number of hydrogen-bond acceptors (Lipinski definition) is 3. The second-order valence-electron chi connectivity index (χ2n) is 5.46. The number of ether oxygens (including phenoxy) is 1. The number of methoxy groups -OCH3 is 1. The van der Waals surface area contributed by atoms with Crippen molar-refractivity contribution in [2.75, 3.05) is 13.7 Å². The van der Waals surface area contributed by atoms with Crippen LogP contribution in [0.4, 0.5) is 0 Å². The minimum atomic E-state index is -0.126. The van der Waals surface area contributed by atoms with Crippen LogP contribution in [0.15, 0.2) is 24.3 Å². The average molecular weight is 311 g/mol. The normalized spacial score (nSPS) is 23.6. The molecule has 0 aromatic heterocycles. The molecule has 0 spiro atoms. The number of carbonyl (C=O) groups excluding carboxylic acids is 1. The zero-order chi connectivity index (χ0) is 15.4. The summed E-state index contributed by atoms with van der Waals surface area (Å²) in [6.07, 6.45) is 1.48. The molecule has 3 unspecified atom stereocenters. The maximum atomic E-state index is 12.6. The number of halogens is 1. The van der Waals surface area contributed by atoms with Gasteiger partial charge < -0.3 is 9.64 Å². The molecular weight excluding hydrogens is 288 g/mol. The summed E-state index contributed by atoms with van der Waals surface area (Å²) in [6.45, 7) is 4.73. The molecule has 1 aliphatic heterocycles. The van der Waals surface area contributed by atoms with E-state index in [0.29, 0.717) is 11.6 Å². The largest absolute Gasteiger partial charge is 0.385 e. The highest BCUT2D eigenvalue weighted by Crippen LogP contribution is 2.30. The van der Waals surface area contributed by atoms with Crippen molar-refractivity contribution in [1.29, 1.82) is 0 Å². The van der Waals surface area contributed by atoms with E-state index in [-0.39, 0.29) is 24.2 Å². The van der Waals surface area contributed by atoms with Crippen molar-refractivity contribution >= 4 is 17.5 Å². The Balaban J connectivity index is 2.26. The van der Waals surface area contributed by atoms with E-state index in [0.717, 1.165) is 18.4 Å². The lowest BCUT2D eigenvalue weighted by atomic mass is 10.1. The van der Waals surface area contributed by atoms with Gasteiger partial charge in [-0.15, -0.1) is 0 Å². The third-order valence-electron chi connectivity index (χ3n) is 3.98. The molecule has 1 heterocycles. The Morgan fingerprint density at radius 2 is 2.24 bits per heavy atom. The Bertz CT molecular complexity index is 495. The fourth-order valence-corrected chi connectivity index (χ4v) is 2.97. The van der Waals surface area contributed by atoms with Crippen LogP contribution in [0, 0.1) is 0 Å². The molecule has 0 aliphatic carbocycles. The monoisotopic (exact) mass is 310 g/mol.